The summed E-state index contributed by atoms with van der Waals surface area (Å²) in [7, 11) is 0. The van der Waals surface area contributed by atoms with Gasteiger partial charge in [-0.05, 0) is 6.42 Å². The van der Waals surface area contributed by atoms with Gasteiger partial charge in [0.25, 0.3) is 0 Å². The SMILES string of the molecule is N=CC(Cl)CCC(=O)O. The van der Waals surface area contributed by atoms with Crippen molar-refractivity contribution >= 4 is 23.8 Å². The molecule has 0 amide bonds. The van der Waals surface area contributed by atoms with Crippen LogP contribution in [0.2, 0.25) is 0 Å². The van der Waals surface area contributed by atoms with E-state index in [0.29, 0.717) is 6.42 Å². The van der Waals surface area contributed by atoms with Crippen LogP contribution in [0.4, 0.5) is 0 Å². The molecule has 1 atom stereocenters. The summed E-state index contributed by atoms with van der Waals surface area (Å²) in [5.74, 6) is -0.873. The number of hydrogen-bond acceptors (Lipinski definition) is 2. The van der Waals surface area contributed by atoms with Gasteiger partial charge in [0.15, 0.2) is 0 Å². The molecule has 0 aromatic heterocycles. The van der Waals surface area contributed by atoms with E-state index in [9.17, 15) is 4.79 Å². The average Bonchev–Trinajstić information content (AvgIpc) is 1.83. The molecular formula is C5H8ClNO2. The summed E-state index contributed by atoms with van der Waals surface area (Å²) in [5, 5.41) is 14.3. The molecule has 0 heterocycles. The Kier molecular flexibility index (Phi) is 4.05. The molecule has 9 heavy (non-hydrogen) atoms. The predicted octanol–water partition coefficient (Wildman–Crippen LogP) is 1.11. The molecule has 0 fully saturated rings. The fourth-order valence-corrected chi connectivity index (χ4v) is 0.454. The Morgan fingerprint density at radius 3 is 2.78 bits per heavy atom. The molecule has 0 radical (unpaired) electrons. The normalized spacial score (nSPS) is 12.6. The second-order valence-electron chi connectivity index (χ2n) is 1.62. The van der Waals surface area contributed by atoms with Gasteiger partial charge in [0, 0.05) is 12.6 Å². The third kappa shape index (κ3) is 5.30. The molecule has 1 unspecified atom stereocenters. The Labute approximate surface area is 58.1 Å². The number of aliphatic carboxylic acids is 1. The lowest BCUT2D eigenvalue weighted by atomic mass is 10.2. The van der Waals surface area contributed by atoms with Crippen LogP contribution in [0.25, 0.3) is 0 Å². The maximum atomic E-state index is 9.89. The lowest BCUT2D eigenvalue weighted by Gasteiger charge is -1.96. The van der Waals surface area contributed by atoms with Crippen molar-refractivity contribution < 1.29 is 9.90 Å². The van der Waals surface area contributed by atoms with E-state index in [2.05, 4.69) is 0 Å². The van der Waals surface area contributed by atoms with Crippen LogP contribution in [-0.4, -0.2) is 22.7 Å². The highest BCUT2D eigenvalue weighted by atomic mass is 35.5. The molecule has 0 spiro atoms. The van der Waals surface area contributed by atoms with E-state index in [0.717, 1.165) is 6.21 Å². The number of rotatable bonds is 4. The van der Waals surface area contributed by atoms with Crippen LogP contribution >= 0.6 is 11.6 Å². The van der Waals surface area contributed by atoms with Crippen molar-refractivity contribution in [1.82, 2.24) is 0 Å². The molecule has 0 aromatic rings. The van der Waals surface area contributed by atoms with Crippen LogP contribution in [0.15, 0.2) is 0 Å². The summed E-state index contributed by atoms with van der Waals surface area (Å²) in [6.07, 6.45) is 1.40. The molecule has 0 saturated carbocycles. The first-order valence-corrected chi connectivity index (χ1v) is 2.97. The van der Waals surface area contributed by atoms with Crippen molar-refractivity contribution in [2.75, 3.05) is 0 Å². The lowest BCUT2D eigenvalue weighted by Crippen LogP contribution is -2.03. The van der Waals surface area contributed by atoms with Gasteiger partial charge >= 0.3 is 5.97 Å². The number of halogens is 1. The molecule has 0 aliphatic heterocycles. The fraction of sp³-hybridized carbons (Fsp3) is 0.600. The highest BCUT2D eigenvalue weighted by molar-refractivity contribution is 6.27. The van der Waals surface area contributed by atoms with Crippen molar-refractivity contribution in [3.8, 4) is 0 Å². The van der Waals surface area contributed by atoms with Gasteiger partial charge in [-0.15, -0.1) is 11.6 Å². The molecular weight excluding hydrogens is 142 g/mol. The van der Waals surface area contributed by atoms with Crippen molar-refractivity contribution in [2.45, 2.75) is 18.2 Å². The van der Waals surface area contributed by atoms with E-state index in [-0.39, 0.29) is 6.42 Å². The van der Waals surface area contributed by atoms with Gasteiger partial charge in [0.05, 0.1) is 5.38 Å². The zero-order valence-corrected chi connectivity index (χ0v) is 5.56. The van der Waals surface area contributed by atoms with Crippen LogP contribution in [-0.2, 0) is 4.79 Å². The summed E-state index contributed by atoms with van der Waals surface area (Å²) in [6, 6.07) is 0. The van der Waals surface area contributed by atoms with Gasteiger partial charge in [-0.1, -0.05) is 0 Å². The molecule has 2 N–H and O–H groups in total. The zero-order chi connectivity index (χ0) is 7.28. The molecule has 0 saturated heterocycles. The fourth-order valence-electron chi connectivity index (χ4n) is 0.345. The number of carboxylic acid groups (broad SMARTS) is 1. The topological polar surface area (TPSA) is 61.2 Å². The number of carbonyl (C=O) groups is 1. The minimum absolute atomic E-state index is 0.0313. The van der Waals surface area contributed by atoms with Crippen LogP contribution < -0.4 is 0 Å². The van der Waals surface area contributed by atoms with Gasteiger partial charge in [0.2, 0.25) is 0 Å². The second kappa shape index (κ2) is 4.32. The van der Waals surface area contributed by atoms with Gasteiger partial charge in [0.1, 0.15) is 0 Å². The highest BCUT2D eigenvalue weighted by Gasteiger charge is 2.02. The van der Waals surface area contributed by atoms with Crippen molar-refractivity contribution in [3.05, 3.63) is 0 Å². The van der Waals surface area contributed by atoms with E-state index in [1.54, 1.807) is 0 Å². The Morgan fingerprint density at radius 1 is 1.89 bits per heavy atom. The number of carboxylic acids is 1. The van der Waals surface area contributed by atoms with Crippen molar-refractivity contribution in [3.63, 3.8) is 0 Å². The molecule has 0 aliphatic carbocycles. The van der Waals surface area contributed by atoms with Crippen molar-refractivity contribution in [1.29, 1.82) is 5.41 Å². The van der Waals surface area contributed by atoms with Crippen LogP contribution in [0.5, 0.6) is 0 Å². The van der Waals surface area contributed by atoms with Gasteiger partial charge < -0.3 is 10.5 Å². The smallest absolute Gasteiger partial charge is 0.303 e. The summed E-state index contributed by atoms with van der Waals surface area (Å²) >= 11 is 5.40. The van der Waals surface area contributed by atoms with Gasteiger partial charge in [-0.3, -0.25) is 4.79 Å². The number of nitrogens with one attached hydrogen (secondary N) is 1. The monoisotopic (exact) mass is 149 g/mol. The molecule has 52 valence electrons. The van der Waals surface area contributed by atoms with E-state index >= 15 is 0 Å². The summed E-state index contributed by atoms with van der Waals surface area (Å²) in [5.41, 5.74) is 0. The van der Waals surface area contributed by atoms with E-state index < -0.39 is 11.3 Å². The standard InChI is InChI=1S/C5H8ClNO2/c6-4(3-7)1-2-5(8)9/h3-4,7H,1-2H2,(H,8,9). The quantitative estimate of drug-likeness (QED) is 0.465. The van der Waals surface area contributed by atoms with Crippen LogP contribution in [0.3, 0.4) is 0 Å². The average molecular weight is 150 g/mol. The molecule has 0 aromatic carbocycles. The number of alkyl halides is 1. The third-order valence-corrected chi connectivity index (χ3v) is 1.16. The predicted molar refractivity (Wildman–Crippen MR) is 35.3 cm³/mol. The largest absolute Gasteiger partial charge is 0.481 e. The van der Waals surface area contributed by atoms with E-state index in [1.165, 1.54) is 0 Å². The Morgan fingerprint density at radius 2 is 2.44 bits per heavy atom. The highest BCUT2D eigenvalue weighted by Crippen LogP contribution is 2.01. The van der Waals surface area contributed by atoms with Crippen LogP contribution in [0, 0.1) is 5.41 Å². The zero-order valence-electron chi connectivity index (χ0n) is 4.80. The summed E-state index contributed by atoms with van der Waals surface area (Å²) < 4.78 is 0. The minimum atomic E-state index is -0.873. The summed E-state index contributed by atoms with van der Waals surface area (Å²) in [4.78, 5) is 9.89. The third-order valence-electron chi connectivity index (χ3n) is 0.815. The first kappa shape index (κ1) is 8.43. The molecule has 0 rings (SSSR count). The maximum absolute atomic E-state index is 9.89. The Bertz CT molecular complexity index is 116. The summed E-state index contributed by atoms with van der Waals surface area (Å²) in [6.45, 7) is 0. The molecule has 0 aliphatic rings. The van der Waals surface area contributed by atoms with E-state index in [4.69, 9.17) is 22.1 Å². The van der Waals surface area contributed by atoms with E-state index in [1.807, 2.05) is 0 Å². The first-order valence-electron chi connectivity index (χ1n) is 2.53. The van der Waals surface area contributed by atoms with Crippen LogP contribution in [0.1, 0.15) is 12.8 Å². The molecule has 0 bridgehead atoms. The van der Waals surface area contributed by atoms with Crippen molar-refractivity contribution in [2.24, 2.45) is 0 Å². The first-order chi connectivity index (χ1) is 4.16. The second-order valence-corrected chi connectivity index (χ2v) is 2.18. The molecule has 4 heteroatoms. The lowest BCUT2D eigenvalue weighted by molar-refractivity contribution is -0.137. The molecule has 3 nitrogen and oxygen atoms in total. The van der Waals surface area contributed by atoms with Gasteiger partial charge in [-0.25, -0.2) is 0 Å². The minimum Gasteiger partial charge on any atom is -0.481 e. The maximum Gasteiger partial charge on any atom is 0.303 e. The number of hydrogen-bond donors (Lipinski definition) is 2. The van der Waals surface area contributed by atoms with Gasteiger partial charge in [-0.2, -0.15) is 0 Å². The Hall–Kier alpha value is -0.570. The Balaban J connectivity index is 3.26.